The van der Waals surface area contributed by atoms with Gasteiger partial charge in [-0.1, -0.05) is 0 Å². The summed E-state index contributed by atoms with van der Waals surface area (Å²) in [6.07, 6.45) is 5.38. The maximum Gasteiger partial charge on any atom is 0.274 e. The molecule has 1 saturated heterocycles. The van der Waals surface area contributed by atoms with Gasteiger partial charge in [-0.3, -0.25) is 19.2 Å². The van der Waals surface area contributed by atoms with Crippen LogP contribution in [0.1, 0.15) is 46.8 Å². The highest BCUT2D eigenvalue weighted by Gasteiger charge is 2.26. The van der Waals surface area contributed by atoms with Crippen molar-refractivity contribution in [3.8, 4) is 0 Å². The molecule has 1 fully saturated rings. The van der Waals surface area contributed by atoms with Gasteiger partial charge in [-0.05, 0) is 39.3 Å². The molecule has 0 aliphatic carbocycles. The molecule has 3 aromatic rings. The number of nitrogens with zero attached hydrogens (tertiary/aromatic N) is 5. The Balaban J connectivity index is 1.58. The highest BCUT2D eigenvalue weighted by atomic mass is 32.1. The number of thiazole rings is 1. The van der Waals surface area contributed by atoms with E-state index in [2.05, 4.69) is 20.1 Å². The van der Waals surface area contributed by atoms with Crippen LogP contribution in [0.15, 0.2) is 17.6 Å². The van der Waals surface area contributed by atoms with Crippen molar-refractivity contribution < 1.29 is 4.79 Å². The Morgan fingerprint density at radius 1 is 1.31 bits per heavy atom. The van der Waals surface area contributed by atoms with E-state index in [1.165, 1.54) is 6.42 Å². The predicted molar refractivity (Wildman–Crippen MR) is 101 cm³/mol. The molecule has 7 nitrogen and oxygen atoms in total. The van der Waals surface area contributed by atoms with Crippen LogP contribution < -0.4 is 0 Å². The predicted octanol–water partition coefficient (Wildman–Crippen LogP) is 2.69. The zero-order valence-electron chi connectivity index (χ0n) is 15.2. The number of likely N-dealkylation sites (tertiary alicyclic amines) is 1. The van der Waals surface area contributed by atoms with Crippen molar-refractivity contribution in [1.82, 2.24) is 29.4 Å². The lowest BCUT2D eigenvalue weighted by Crippen LogP contribution is -2.36. The van der Waals surface area contributed by atoms with E-state index in [-0.39, 0.29) is 5.91 Å². The van der Waals surface area contributed by atoms with Crippen LogP contribution in [0.25, 0.3) is 4.96 Å². The van der Waals surface area contributed by atoms with Crippen molar-refractivity contribution in [2.45, 2.75) is 39.3 Å². The first-order valence-electron chi connectivity index (χ1n) is 9.05. The number of amides is 1. The van der Waals surface area contributed by atoms with E-state index in [0.29, 0.717) is 12.2 Å². The van der Waals surface area contributed by atoms with Gasteiger partial charge in [0, 0.05) is 43.4 Å². The number of rotatable bonds is 5. The molecule has 4 rings (SSSR count). The second kappa shape index (κ2) is 7.20. The molecule has 0 saturated carbocycles. The zero-order valence-corrected chi connectivity index (χ0v) is 16.1. The van der Waals surface area contributed by atoms with Crippen LogP contribution in [0, 0.1) is 6.92 Å². The molecule has 1 aliphatic rings. The van der Waals surface area contributed by atoms with Gasteiger partial charge < -0.3 is 4.90 Å². The number of carbonyl (C=O) groups excluding carboxylic acids is 1. The van der Waals surface area contributed by atoms with E-state index >= 15 is 0 Å². The number of aromatic nitrogens is 4. The molecule has 0 bridgehead atoms. The Morgan fingerprint density at radius 2 is 2.12 bits per heavy atom. The Bertz CT molecular complexity index is 904. The smallest absolute Gasteiger partial charge is 0.274 e. The van der Waals surface area contributed by atoms with E-state index in [9.17, 15) is 4.79 Å². The Kier molecular flexibility index (Phi) is 4.78. The molecular weight excluding hydrogens is 348 g/mol. The van der Waals surface area contributed by atoms with Gasteiger partial charge in [0.1, 0.15) is 0 Å². The van der Waals surface area contributed by atoms with Crippen LogP contribution in [0.4, 0.5) is 0 Å². The lowest BCUT2D eigenvalue weighted by Gasteiger charge is -2.26. The van der Waals surface area contributed by atoms with Crippen molar-refractivity contribution in [2.75, 3.05) is 20.1 Å². The van der Waals surface area contributed by atoms with Gasteiger partial charge in [-0.15, -0.1) is 11.3 Å². The second-order valence-electron chi connectivity index (χ2n) is 7.03. The standard InChI is InChI=1S/C18H24N6OS/c1-13-10-14(21-20-13)11-22(2)12-15-16(19-18-24(15)8-9-26-18)17(25)23-6-4-3-5-7-23/h8-10H,3-7,11-12H2,1-2H3,(H,20,21). The van der Waals surface area contributed by atoms with Gasteiger partial charge in [0.05, 0.1) is 11.4 Å². The molecule has 0 spiro atoms. The van der Waals surface area contributed by atoms with Crippen LogP contribution in [0.3, 0.4) is 0 Å². The highest BCUT2D eigenvalue weighted by molar-refractivity contribution is 7.15. The minimum Gasteiger partial charge on any atom is -0.337 e. The molecule has 4 heterocycles. The van der Waals surface area contributed by atoms with Gasteiger partial charge in [-0.2, -0.15) is 5.10 Å². The third-order valence-electron chi connectivity index (χ3n) is 4.82. The number of H-pyrrole nitrogens is 1. The molecule has 26 heavy (non-hydrogen) atoms. The molecule has 1 N–H and O–H groups in total. The van der Waals surface area contributed by atoms with Crippen LogP contribution >= 0.6 is 11.3 Å². The maximum absolute atomic E-state index is 13.1. The molecule has 0 atom stereocenters. The molecule has 0 radical (unpaired) electrons. The van der Waals surface area contributed by atoms with Gasteiger partial charge in [-0.25, -0.2) is 4.98 Å². The minimum atomic E-state index is 0.0691. The summed E-state index contributed by atoms with van der Waals surface area (Å²) < 4.78 is 2.05. The number of nitrogens with one attached hydrogen (secondary N) is 1. The minimum absolute atomic E-state index is 0.0691. The van der Waals surface area contributed by atoms with E-state index in [1.807, 2.05) is 40.9 Å². The van der Waals surface area contributed by atoms with Gasteiger partial charge in [0.25, 0.3) is 5.91 Å². The average molecular weight is 372 g/mol. The quantitative estimate of drug-likeness (QED) is 0.748. The number of hydrogen-bond acceptors (Lipinski definition) is 5. The van der Waals surface area contributed by atoms with Crippen molar-refractivity contribution >= 4 is 22.2 Å². The van der Waals surface area contributed by atoms with E-state index < -0.39 is 0 Å². The summed E-state index contributed by atoms with van der Waals surface area (Å²) in [7, 11) is 2.05. The summed E-state index contributed by atoms with van der Waals surface area (Å²) in [4.78, 5) is 22.7. The lowest BCUT2D eigenvalue weighted by atomic mass is 10.1. The number of carbonyl (C=O) groups is 1. The molecule has 138 valence electrons. The fourth-order valence-corrected chi connectivity index (χ4v) is 4.28. The molecule has 3 aromatic heterocycles. The Morgan fingerprint density at radius 3 is 2.85 bits per heavy atom. The van der Waals surface area contributed by atoms with Crippen LogP contribution in [0.2, 0.25) is 0 Å². The number of imidazole rings is 1. The summed E-state index contributed by atoms with van der Waals surface area (Å²) in [6, 6.07) is 2.05. The normalized spacial score (nSPS) is 15.3. The fourth-order valence-electron chi connectivity index (χ4n) is 3.55. The van der Waals surface area contributed by atoms with Crippen molar-refractivity contribution in [2.24, 2.45) is 0 Å². The number of aryl methyl sites for hydroxylation is 1. The molecule has 0 unspecified atom stereocenters. The molecule has 8 heteroatoms. The van der Waals surface area contributed by atoms with Gasteiger partial charge in [0.2, 0.25) is 0 Å². The number of piperidine rings is 1. The first-order chi connectivity index (χ1) is 12.6. The summed E-state index contributed by atoms with van der Waals surface area (Å²) in [5.74, 6) is 0.0691. The Labute approximate surface area is 156 Å². The van der Waals surface area contributed by atoms with Gasteiger partial charge >= 0.3 is 0 Å². The molecule has 1 amide bonds. The van der Waals surface area contributed by atoms with Crippen LogP contribution in [-0.2, 0) is 13.1 Å². The summed E-state index contributed by atoms with van der Waals surface area (Å²) in [5.41, 5.74) is 3.62. The largest absolute Gasteiger partial charge is 0.337 e. The third-order valence-corrected chi connectivity index (χ3v) is 5.57. The van der Waals surface area contributed by atoms with Gasteiger partial charge in [0.15, 0.2) is 10.7 Å². The molecular formula is C18H24N6OS. The van der Waals surface area contributed by atoms with Crippen molar-refractivity contribution in [3.63, 3.8) is 0 Å². The van der Waals surface area contributed by atoms with Crippen molar-refractivity contribution in [1.29, 1.82) is 0 Å². The number of hydrogen-bond donors (Lipinski definition) is 1. The SMILES string of the molecule is Cc1cc(CN(C)Cc2c(C(=O)N3CCCCC3)nc3sccn23)n[nH]1. The second-order valence-corrected chi connectivity index (χ2v) is 7.90. The maximum atomic E-state index is 13.1. The molecule has 0 aromatic carbocycles. The Hall–Kier alpha value is -2.19. The summed E-state index contributed by atoms with van der Waals surface area (Å²) in [5, 5.41) is 9.30. The summed E-state index contributed by atoms with van der Waals surface area (Å²) in [6.45, 7) is 5.05. The lowest BCUT2D eigenvalue weighted by molar-refractivity contribution is 0.0716. The topological polar surface area (TPSA) is 69.5 Å². The van der Waals surface area contributed by atoms with Crippen LogP contribution in [-0.4, -0.2) is 55.4 Å². The zero-order chi connectivity index (χ0) is 18.1. The third kappa shape index (κ3) is 3.39. The number of fused-ring (bicyclic) bond motifs is 1. The van der Waals surface area contributed by atoms with E-state index in [4.69, 9.17) is 0 Å². The average Bonchev–Trinajstić information content (AvgIpc) is 3.33. The fraction of sp³-hybridized carbons (Fsp3) is 0.500. The first-order valence-corrected chi connectivity index (χ1v) is 9.93. The van der Waals surface area contributed by atoms with E-state index in [1.54, 1.807) is 11.3 Å². The summed E-state index contributed by atoms with van der Waals surface area (Å²) >= 11 is 1.57. The first kappa shape index (κ1) is 17.2. The van der Waals surface area contributed by atoms with Crippen LogP contribution in [0.5, 0.6) is 0 Å². The highest BCUT2D eigenvalue weighted by Crippen LogP contribution is 2.22. The molecule has 1 aliphatic heterocycles. The van der Waals surface area contributed by atoms with E-state index in [0.717, 1.165) is 54.5 Å². The monoisotopic (exact) mass is 372 g/mol. The van der Waals surface area contributed by atoms with Crippen molar-refractivity contribution in [3.05, 3.63) is 40.4 Å². The number of aromatic amines is 1.